The van der Waals surface area contributed by atoms with Crippen LogP contribution in [-0.2, 0) is 11.2 Å². The van der Waals surface area contributed by atoms with Crippen molar-refractivity contribution in [1.29, 1.82) is 0 Å². The normalized spacial score (nSPS) is 12.2. The third-order valence-corrected chi connectivity index (χ3v) is 3.13. The third kappa shape index (κ3) is 4.21. The van der Waals surface area contributed by atoms with Crippen molar-refractivity contribution in [3.05, 3.63) is 29.6 Å². The zero-order valence-corrected chi connectivity index (χ0v) is 11.4. The summed E-state index contributed by atoms with van der Waals surface area (Å²) in [5.41, 5.74) is 6.22. The predicted octanol–water partition coefficient (Wildman–Crippen LogP) is 1.52. The lowest BCUT2D eigenvalue weighted by atomic mass is 9.97. The molecule has 0 spiro atoms. The van der Waals surface area contributed by atoms with Crippen LogP contribution in [0.1, 0.15) is 19.4 Å². The lowest BCUT2D eigenvalue weighted by Gasteiger charge is -2.24. The van der Waals surface area contributed by atoms with Crippen molar-refractivity contribution in [2.45, 2.75) is 20.3 Å². The SMILES string of the molecule is CCN(CC)C(=O)C(CN)Cc1cc(O)cc(F)c1. The van der Waals surface area contributed by atoms with Crippen LogP contribution in [0.5, 0.6) is 5.75 Å². The quantitative estimate of drug-likeness (QED) is 0.822. The summed E-state index contributed by atoms with van der Waals surface area (Å²) in [6.45, 7) is 5.26. The molecule has 3 N–H and O–H groups in total. The van der Waals surface area contributed by atoms with E-state index in [1.165, 1.54) is 12.1 Å². The molecule has 0 saturated carbocycles. The van der Waals surface area contributed by atoms with Gasteiger partial charge in [-0.2, -0.15) is 0 Å². The molecule has 0 fully saturated rings. The zero-order valence-electron chi connectivity index (χ0n) is 11.4. The van der Waals surface area contributed by atoms with E-state index in [1.807, 2.05) is 13.8 Å². The second-order valence-corrected chi connectivity index (χ2v) is 4.46. The summed E-state index contributed by atoms with van der Waals surface area (Å²) in [7, 11) is 0. The second kappa shape index (κ2) is 7.09. The minimum atomic E-state index is -0.513. The highest BCUT2D eigenvalue weighted by atomic mass is 19.1. The van der Waals surface area contributed by atoms with Gasteiger partial charge in [0.05, 0.1) is 5.92 Å². The van der Waals surface area contributed by atoms with Gasteiger partial charge in [0.25, 0.3) is 0 Å². The number of phenolic OH excluding ortho intramolecular Hbond substituents is 1. The Morgan fingerprint density at radius 1 is 1.37 bits per heavy atom. The molecule has 0 radical (unpaired) electrons. The van der Waals surface area contributed by atoms with Gasteiger partial charge in [-0.05, 0) is 38.0 Å². The minimum absolute atomic E-state index is 0.0312. The van der Waals surface area contributed by atoms with Crippen LogP contribution in [0, 0.1) is 11.7 Å². The van der Waals surface area contributed by atoms with Crippen LogP contribution in [0.2, 0.25) is 0 Å². The first-order valence-corrected chi connectivity index (χ1v) is 6.49. The Hall–Kier alpha value is -1.62. The summed E-state index contributed by atoms with van der Waals surface area (Å²) in [6.07, 6.45) is 0.331. The molecule has 0 bridgehead atoms. The largest absolute Gasteiger partial charge is 0.508 e. The first-order valence-electron chi connectivity index (χ1n) is 6.49. The summed E-state index contributed by atoms with van der Waals surface area (Å²) in [6, 6.07) is 3.81. The average Bonchev–Trinajstić information content (AvgIpc) is 2.36. The van der Waals surface area contributed by atoms with Crippen LogP contribution in [-0.4, -0.2) is 35.5 Å². The van der Waals surface area contributed by atoms with E-state index in [1.54, 1.807) is 4.90 Å². The van der Waals surface area contributed by atoms with Gasteiger partial charge in [-0.15, -0.1) is 0 Å². The molecule has 0 saturated heterocycles. The van der Waals surface area contributed by atoms with Crippen molar-refractivity contribution in [1.82, 2.24) is 4.90 Å². The fourth-order valence-corrected chi connectivity index (χ4v) is 2.10. The van der Waals surface area contributed by atoms with E-state index in [0.717, 1.165) is 6.07 Å². The maximum atomic E-state index is 13.2. The highest BCUT2D eigenvalue weighted by molar-refractivity contribution is 5.79. The molecule has 1 rings (SSSR count). The second-order valence-electron chi connectivity index (χ2n) is 4.46. The van der Waals surface area contributed by atoms with Gasteiger partial charge in [0, 0.05) is 25.7 Å². The summed E-state index contributed by atoms with van der Waals surface area (Å²) in [5.74, 6) is -1.07. The molecule has 106 valence electrons. The molecule has 1 atom stereocenters. The average molecular weight is 268 g/mol. The van der Waals surface area contributed by atoms with Gasteiger partial charge in [0.15, 0.2) is 0 Å². The molecule has 0 aliphatic rings. The number of benzene rings is 1. The maximum absolute atomic E-state index is 13.2. The number of nitrogens with two attached hydrogens (primary N) is 1. The van der Waals surface area contributed by atoms with Crippen molar-refractivity contribution in [3.8, 4) is 5.75 Å². The van der Waals surface area contributed by atoms with Crippen molar-refractivity contribution in [3.63, 3.8) is 0 Å². The molecule has 1 aromatic carbocycles. The van der Waals surface area contributed by atoms with Gasteiger partial charge in [-0.1, -0.05) is 0 Å². The van der Waals surface area contributed by atoms with Gasteiger partial charge in [-0.25, -0.2) is 4.39 Å². The summed E-state index contributed by atoms with van der Waals surface area (Å²) < 4.78 is 13.2. The Bertz CT molecular complexity index is 413. The number of hydrogen-bond donors (Lipinski definition) is 2. The van der Waals surface area contributed by atoms with Crippen LogP contribution >= 0.6 is 0 Å². The number of phenols is 1. The van der Waals surface area contributed by atoms with E-state index in [0.29, 0.717) is 25.1 Å². The molecule has 5 heteroatoms. The van der Waals surface area contributed by atoms with E-state index in [4.69, 9.17) is 5.73 Å². The van der Waals surface area contributed by atoms with Crippen LogP contribution < -0.4 is 5.73 Å². The minimum Gasteiger partial charge on any atom is -0.508 e. The van der Waals surface area contributed by atoms with Crippen molar-refractivity contribution in [2.24, 2.45) is 11.7 Å². The Kier molecular flexibility index (Phi) is 5.76. The smallest absolute Gasteiger partial charge is 0.227 e. The lowest BCUT2D eigenvalue weighted by molar-refractivity contribution is -0.134. The molecule has 19 heavy (non-hydrogen) atoms. The van der Waals surface area contributed by atoms with E-state index in [2.05, 4.69) is 0 Å². The molecule has 0 heterocycles. The number of halogens is 1. The Balaban J connectivity index is 2.84. The number of hydrogen-bond acceptors (Lipinski definition) is 3. The van der Waals surface area contributed by atoms with E-state index in [9.17, 15) is 14.3 Å². The first kappa shape index (κ1) is 15.4. The van der Waals surface area contributed by atoms with E-state index < -0.39 is 5.82 Å². The molecule has 1 unspecified atom stereocenters. The van der Waals surface area contributed by atoms with E-state index in [-0.39, 0.29) is 24.1 Å². The first-order chi connectivity index (χ1) is 9.01. The number of carbonyl (C=O) groups excluding carboxylic acids is 1. The molecule has 1 amide bonds. The summed E-state index contributed by atoms with van der Waals surface area (Å²) in [4.78, 5) is 13.9. The molecule has 0 aliphatic heterocycles. The van der Waals surface area contributed by atoms with Crippen LogP contribution in [0.25, 0.3) is 0 Å². The lowest BCUT2D eigenvalue weighted by Crippen LogP contribution is -2.39. The fraction of sp³-hybridized carbons (Fsp3) is 0.500. The van der Waals surface area contributed by atoms with Crippen LogP contribution in [0.15, 0.2) is 18.2 Å². The molecular weight excluding hydrogens is 247 g/mol. The molecule has 1 aromatic rings. The number of amides is 1. The Morgan fingerprint density at radius 3 is 2.47 bits per heavy atom. The fourth-order valence-electron chi connectivity index (χ4n) is 2.10. The van der Waals surface area contributed by atoms with Crippen LogP contribution in [0.4, 0.5) is 4.39 Å². The zero-order chi connectivity index (χ0) is 14.4. The number of rotatable bonds is 6. The topological polar surface area (TPSA) is 66.6 Å². The predicted molar refractivity (Wildman–Crippen MR) is 72.2 cm³/mol. The van der Waals surface area contributed by atoms with Gasteiger partial charge in [-0.3, -0.25) is 4.79 Å². The van der Waals surface area contributed by atoms with Gasteiger partial charge in [0.1, 0.15) is 11.6 Å². The standard InChI is InChI=1S/C14H21FN2O2/c1-3-17(4-2)14(19)11(9-16)5-10-6-12(15)8-13(18)7-10/h6-8,11,18H,3-5,9,16H2,1-2H3. The number of carbonyl (C=O) groups is 1. The highest BCUT2D eigenvalue weighted by Crippen LogP contribution is 2.18. The number of aromatic hydroxyl groups is 1. The molecular formula is C14H21FN2O2. The number of nitrogens with zero attached hydrogens (tertiary/aromatic N) is 1. The molecule has 0 aromatic heterocycles. The van der Waals surface area contributed by atoms with Crippen LogP contribution in [0.3, 0.4) is 0 Å². The van der Waals surface area contributed by atoms with E-state index >= 15 is 0 Å². The summed E-state index contributed by atoms with van der Waals surface area (Å²) in [5, 5.41) is 9.35. The summed E-state index contributed by atoms with van der Waals surface area (Å²) >= 11 is 0. The maximum Gasteiger partial charge on any atom is 0.227 e. The monoisotopic (exact) mass is 268 g/mol. The van der Waals surface area contributed by atoms with Crippen molar-refractivity contribution >= 4 is 5.91 Å². The van der Waals surface area contributed by atoms with Crippen molar-refractivity contribution < 1.29 is 14.3 Å². The highest BCUT2D eigenvalue weighted by Gasteiger charge is 2.22. The molecule has 4 nitrogen and oxygen atoms in total. The Morgan fingerprint density at radius 2 is 2.00 bits per heavy atom. The van der Waals surface area contributed by atoms with Gasteiger partial charge < -0.3 is 15.7 Å². The third-order valence-electron chi connectivity index (χ3n) is 3.13. The Labute approximate surface area is 113 Å². The van der Waals surface area contributed by atoms with Gasteiger partial charge >= 0.3 is 0 Å². The van der Waals surface area contributed by atoms with Crippen molar-refractivity contribution in [2.75, 3.05) is 19.6 Å². The molecule has 0 aliphatic carbocycles. The van der Waals surface area contributed by atoms with Gasteiger partial charge in [0.2, 0.25) is 5.91 Å².